The van der Waals surface area contributed by atoms with E-state index < -0.39 is 0 Å². The molecule has 2 fully saturated rings. The van der Waals surface area contributed by atoms with E-state index in [2.05, 4.69) is 17.9 Å². The molecule has 0 unspecified atom stereocenters. The Bertz CT molecular complexity index is 225. The first-order valence-electron chi connectivity index (χ1n) is 5.83. The molecule has 1 aliphatic carbocycles. The third-order valence-corrected chi connectivity index (χ3v) is 3.99. The van der Waals surface area contributed by atoms with Gasteiger partial charge in [-0.1, -0.05) is 19.8 Å². The second kappa shape index (κ2) is 3.90. The molecule has 0 aromatic heterocycles. The van der Waals surface area contributed by atoms with Gasteiger partial charge in [-0.25, -0.2) is 0 Å². The molecule has 1 heterocycles. The maximum Gasteiger partial charge on any atom is 0.0635 e. The summed E-state index contributed by atoms with van der Waals surface area (Å²) in [5.41, 5.74) is 0.669. The van der Waals surface area contributed by atoms with Crippen molar-refractivity contribution in [2.24, 2.45) is 11.3 Å². The van der Waals surface area contributed by atoms with Crippen LogP contribution in [0.2, 0.25) is 0 Å². The Morgan fingerprint density at radius 1 is 1.36 bits per heavy atom. The highest BCUT2D eigenvalue weighted by molar-refractivity contribution is 4.97. The third kappa shape index (κ3) is 1.93. The molecule has 0 amide bonds. The lowest BCUT2D eigenvalue weighted by atomic mass is 9.66. The van der Waals surface area contributed by atoms with Gasteiger partial charge in [-0.15, -0.1) is 0 Å². The fraction of sp³-hybridized carbons (Fsp3) is 0.917. The molecule has 0 aromatic rings. The van der Waals surface area contributed by atoms with Gasteiger partial charge in [-0.3, -0.25) is 0 Å². The van der Waals surface area contributed by atoms with E-state index in [4.69, 9.17) is 5.26 Å². The quantitative estimate of drug-likeness (QED) is 0.672. The molecule has 1 saturated carbocycles. The van der Waals surface area contributed by atoms with E-state index in [-0.39, 0.29) is 0 Å². The first-order valence-corrected chi connectivity index (χ1v) is 5.83. The largest absolute Gasteiger partial charge is 0.301 e. The normalized spacial score (nSPS) is 27.1. The van der Waals surface area contributed by atoms with Crippen LogP contribution in [-0.4, -0.2) is 24.5 Å². The second-order valence-electron chi connectivity index (χ2n) is 5.30. The van der Waals surface area contributed by atoms with Crippen LogP contribution in [-0.2, 0) is 0 Å². The molecule has 0 aromatic carbocycles. The van der Waals surface area contributed by atoms with Gasteiger partial charge in [0.15, 0.2) is 0 Å². The van der Waals surface area contributed by atoms with E-state index in [0.717, 1.165) is 12.5 Å². The predicted octanol–water partition coefficient (Wildman–Crippen LogP) is 2.41. The summed E-state index contributed by atoms with van der Waals surface area (Å²) in [6.45, 7) is 5.90. The summed E-state index contributed by atoms with van der Waals surface area (Å²) in [5.74, 6) is 0.953. The monoisotopic (exact) mass is 192 g/mol. The minimum atomic E-state index is 0.669. The zero-order valence-corrected chi connectivity index (χ0v) is 9.13. The van der Waals surface area contributed by atoms with Gasteiger partial charge in [-0.2, -0.15) is 5.26 Å². The van der Waals surface area contributed by atoms with Gasteiger partial charge in [0.05, 0.1) is 6.07 Å². The number of nitriles is 1. The molecule has 2 nitrogen and oxygen atoms in total. The first kappa shape index (κ1) is 9.98. The summed E-state index contributed by atoms with van der Waals surface area (Å²) in [6.07, 6.45) is 6.40. The van der Waals surface area contributed by atoms with Gasteiger partial charge in [0.2, 0.25) is 0 Å². The highest BCUT2D eigenvalue weighted by atomic mass is 15.2. The van der Waals surface area contributed by atoms with Crippen molar-refractivity contribution in [1.29, 1.82) is 5.26 Å². The molecule has 1 saturated heterocycles. The molecular weight excluding hydrogens is 172 g/mol. The molecule has 2 rings (SSSR count). The summed E-state index contributed by atoms with van der Waals surface area (Å²) in [4.78, 5) is 2.44. The Balaban J connectivity index is 1.73. The fourth-order valence-electron chi connectivity index (χ4n) is 2.96. The molecule has 1 spiro atoms. The van der Waals surface area contributed by atoms with Crippen molar-refractivity contribution in [1.82, 2.24) is 4.90 Å². The van der Waals surface area contributed by atoms with Crippen molar-refractivity contribution in [3.8, 4) is 6.07 Å². The summed E-state index contributed by atoms with van der Waals surface area (Å²) >= 11 is 0. The van der Waals surface area contributed by atoms with Crippen LogP contribution in [0, 0.1) is 22.7 Å². The molecule has 0 radical (unpaired) electrons. The van der Waals surface area contributed by atoms with Crippen molar-refractivity contribution >= 4 is 0 Å². The Hall–Kier alpha value is -0.550. The smallest absolute Gasteiger partial charge is 0.0635 e. The lowest BCUT2D eigenvalue weighted by molar-refractivity contribution is -0.0347. The molecule has 1 aliphatic heterocycles. The Labute approximate surface area is 86.9 Å². The van der Waals surface area contributed by atoms with E-state index in [1.807, 2.05) is 0 Å². The summed E-state index contributed by atoms with van der Waals surface area (Å²) in [7, 11) is 0. The maximum absolute atomic E-state index is 8.49. The Morgan fingerprint density at radius 3 is 2.57 bits per heavy atom. The lowest BCUT2D eigenvalue weighted by Gasteiger charge is -2.53. The van der Waals surface area contributed by atoms with Crippen LogP contribution in [0.3, 0.4) is 0 Å². The van der Waals surface area contributed by atoms with E-state index >= 15 is 0 Å². The van der Waals surface area contributed by atoms with Crippen LogP contribution in [0.5, 0.6) is 0 Å². The predicted molar refractivity (Wildman–Crippen MR) is 56.7 cm³/mol. The Kier molecular flexibility index (Phi) is 2.78. The van der Waals surface area contributed by atoms with Crippen molar-refractivity contribution in [2.75, 3.05) is 19.6 Å². The fourth-order valence-corrected chi connectivity index (χ4v) is 2.96. The van der Waals surface area contributed by atoms with Crippen molar-refractivity contribution in [3.05, 3.63) is 0 Å². The summed E-state index contributed by atoms with van der Waals surface area (Å²) in [5, 5.41) is 8.49. The molecule has 78 valence electrons. The zero-order chi connectivity index (χ0) is 10.0. The molecule has 0 atom stereocenters. The van der Waals surface area contributed by atoms with Gasteiger partial charge >= 0.3 is 0 Å². The minimum absolute atomic E-state index is 0.669. The SMILES string of the molecule is CC1CCC2(CC1)CN(CCC#N)C2. The number of likely N-dealkylation sites (tertiary alicyclic amines) is 1. The topological polar surface area (TPSA) is 27.0 Å². The van der Waals surface area contributed by atoms with Gasteiger partial charge in [0, 0.05) is 26.1 Å². The van der Waals surface area contributed by atoms with Gasteiger partial charge in [-0.05, 0) is 24.2 Å². The van der Waals surface area contributed by atoms with Crippen molar-refractivity contribution < 1.29 is 0 Å². The second-order valence-corrected chi connectivity index (χ2v) is 5.30. The van der Waals surface area contributed by atoms with Crippen LogP contribution in [0.25, 0.3) is 0 Å². The van der Waals surface area contributed by atoms with Crippen molar-refractivity contribution in [3.63, 3.8) is 0 Å². The highest BCUT2D eigenvalue weighted by Gasteiger charge is 2.43. The van der Waals surface area contributed by atoms with E-state index in [1.54, 1.807) is 0 Å². The average Bonchev–Trinajstić information content (AvgIpc) is 2.14. The first-order chi connectivity index (χ1) is 6.74. The zero-order valence-electron chi connectivity index (χ0n) is 9.13. The molecule has 2 heteroatoms. The van der Waals surface area contributed by atoms with Crippen LogP contribution < -0.4 is 0 Å². The van der Waals surface area contributed by atoms with Gasteiger partial charge in [0.25, 0.3) is 0 Å². The average molecular weight is 192 g/mol. The van der Waals surface area contributed by atoms with E-state index in [1.165, 1.54) is 38.8 Å². The molecule has 14 heavy (non-hydrogen) atoms. The van der Waals surface area contributed by atoms with Crippen LogP contribution in [0.1, 0.15) is 39.0 Å². The summed E-state index contributed by atoms with van der Waals surface area (Å²) < 4.78 is 0. The Morgan fingerprint density at radius 2 is 2.00 bits per heavy atom. The number of hydrogen-bond donors (Lipinski definition) is 0. The molecule has 0 N–H and O–H groups in total. The van der Waals surface area contributed by atoms with Crippen LogP contribution >= 0.6 is 0 Å². The standard InChI is InChI=1S/C12H20N2/c1-11-3-5-12(6-4-11)9-14(10-12)8-2-7-13/h11H,2-6,8-10H2,1H3. The third-order valence-electron chi connectivity index (χ3n) is 3.99. The van der Waals surface area contributed by atoms with E-state index in [0.29, 0.717) is 11.8 Å². The number of rotatable bonds is 2. The van der Waals surface area contributed by atoms with E-state index in [9.17, 15) is 0 Å². The molecule has 2 aliphatic rings. The van der Waals surface area contributed by atoms with Crippen LogP contribution in [0.15, 0.2) is 0 Å². The lowest BCUT2D eigenvalue weighted by Crippen LogP contribution is -2.57. The minimum Gasteiger partial charge on any atom is -0.301 e. The number of nitrogens with zero attached hydrogens (tertiary/aromatic N) is 2. The molecule has 0 bridgehead atoms. The molecular formula is C12H20N2. The van der Waals surface area contributed by atoms with Crippen LogP contribution in [0.4, 0.5) is 0 Å². The van der Waals surface area contributed by atoms with Crippen molar-refractivity contribution in [2.45, 2.75) is 39.0 Å². The van der Waals surface area contributed by atoms with Gasteiger partial charge < -0.3 is 4.90 Å². The summed E-state index contributed by atoms with van der Waals surface area (Å²) in [6, 6.07) is 2.22. The number of hydrogen-bond acceptors (Lipinski definition) is 2. The van der Waals surface area contributed by atoms with Gasteiger partial charge in [0.1, 0.15) is 0 Å². The maximum atomic E-state index is 8.49. The highest BCUT2D eigenvalue weighted by Crippen LogP contribution is 2.45.